The van der Waals surface area contributed by atoms with Gasteiger partial charge in [0.1, 0.15) is 11.3 Å². The number of carbonyl (C=O) groups is 1. The van der Waals surface area contributed by atoms with Gasteiger partial charge in [-0.2, -0.15) is 0 Å². The van der Waals surface area contributed by atoms with Crippen molar-refractivity contribution in [3.05, 3.63) is 44.2 Å². The maximum Gasteiger partial charge on any atom is 0.339 e. The van der Waals surface area contributed by atoms with Gasteiger partial charge in [0.2, 0.25) is 0 Å². The Kier molecular flexibility index (Phi) is 3.43. The Morgan fingerprint density at radius 1 is 1.30 bits per heavy atom. The molecular formula is C13H11NO6. The fraction of sp³-hybridized carbons (Fsp3) is 0.154. The van der Waals surface area contributed by atoms with E-state index in [9.17, 15) is 19.5 Å². The van der Waals surface area contributed by atoms with E-state index in [2.05, 4.69) is 5.32 Å². The van der Waals surface area contributed by atoms with Gasteiger partial charge in [0.05, 0.1) is 12.3 Å². The van der Waals surface area contributed by atoms with Gasteiger partial charge in [-0.15, -0.1) is 0 Å². The summed E-state index contributed by atoms with van der Waals surface area (Å²) in [7, 11) is 0. The summed E-state index contributed by atoms with van der Waals surface area (Å²) in [5, 5.41) is 21.2. The summed E-state index contributed by atoms with van der Waals surface area (Å²) < 4.78 is 5.01. The molecule has 7 heteroatoms. The van der Waals surface area contributed by atoms with E-state index in [0.29, 0.717) is 0 Å². The molecule has 20 heavy (non-hydrogen) atoms. The van der Waals surface area contributed by atoms with Crippen molar-refractivity contribution in [2.75, 3.05) is 11.9 Å². The molecule has 0 saturated carbocycles. The molecule has 0 radical (unpaired) electrons. The topological polar surface area (TPSA) is 113 Å². The van der Waals surface area contributed by atoms with Gasteiger partial charge in [-0.25, -0.2) is 4.79 Å². The predicted octanol–water partition coefficient (Wildman–Crippen LogP) is 0.829. The highest BCUT2D eigenvalue weighted by atomic mass is 16.5. The van der Waals surface area contributed by atoms with Crippen LogP contribution in [0.15, 0.2) is 27.8 Å². The van der Waals surface area contributed by atoms with Gasteiger partial charge in [-0.3, -0.25) is 9.59 Å². The zero-order valence-corrected chi connectivity index (χ0v) is 10.5. The highest BCUT2D eigenvalue weighted by Gasteiger charge is 2.24. The molecule has 2 aromatic carbocycles. The molecule has 7 nitrogen and oxygen atoms in total. The van der Waals surface area contributed by atoms with Crippen LogP contribution in [0.2, 0.25) is 0 Å². The lowest BCUT2D eigenvalue weighted by molar-refractivity contribution is 0.0694. The van der Waals surface area contributed by atoms with Crippen LogP contribution >= 0.6 is 0 Å². The van der Waals surface area contributed by atoms with Gasteiger partial charge in [-0.1, -0.05) is 6.07 Å². The van der Waals surface area contributed by atoms with Crippen LogP contribution < -0.4 is 20.9 Å². The van der Waals surface area contributed by atoms with E-state index in [4.69, 9.17) is 9.84 Å². The summed E-state index contributed by atoms with van der Waals surface area (Å²) in [4.78, 5) is 33.6. The van der Waals surface area contributed by atoms with Crippen LogP contribution in [0.3, 0.4) is 0 Å². The lowest BCUT2D eigenvalue weighted by Gasteiger charge is -2.14. The Morgan fingerprint density at radius 2 is 2.00 bits per heavy atom. The number of ether oxygens (including phenoxy) is 1. The fourth-order valence-corrected chi connectivity index (χ4v) is 1.72. The van der Waals surface area contributed by atoms with E-state index < -0.39 is 22.6 Å². The molecule has 104 valence electrons. The third kappa shape index (κ3) is 2.09. The monoisotopic (exact) mass is 277 g/mol. The highest BCUT2D eigenvalue weighted by molar-refractivity contribution is 5.93. The number of benzene rings is 1. The quantitative estimate of drug-likeness (QED) is 0.548. The SMILES string of the molecule is CCOc1c(Nc2cccc(C(=O)O)c2O)c(=O)c1=O. The molecule has 0 atom stereocenters. The maximum absolute atomic E-state index is 11.4. The van der Waals surface area contributed by atoms with E-state index in [-0.39, 0.29) is 29.3 Å². The van der Waals surface area contributed by atoms with Gasteiger partial charge >= 0.3 is 5.97 Å². The summed E-state index contributed by atoms with van der Waals surface area (Å²) in [5.41, 5.74) is -1.91. The third-order valence-electron chi connectivity index (χ3n) is 2.68. The zero-order chi connectivity index (χ0) is 14.9. The van der Waals surface area contributed by atoms with Crippen LogP contribution in [0.25, 0.3) is 0 Å². The van der Waals surface area contributed by atoms with Crippen LogP contribution in [0.4, 0.5) is 11.4 Å². The van der Waals surface area contributed by atoms with E-state index in [0.717, 1.165) is 0 Å². The van der Waals surface area contributed by atoms with Crippen molar-refractivity contribution in [3.63, 3.8) is 0 Å². The molecule has 0 saturated heterocycles. The molecule has 0 heterocycles. The summed E-state index contributed by atoms with van der Waals surface area (Å²) in [6.07, 6.45) is 0. The number of anilines is 2. The van der Waals surface area contributed by atoms with Gasteiger partial charge in [0.25, 0.3) is 10.9 Å². The molecule has 0 amide bonds. The van der Waals surface area contributed by atoms with Gasteiger partial charge in [0.15, 0.2) is 11.5 Å². The molecule has 3 N–H and O–H groups in total. The zero-order valence-electron chi connectivity index (χ0n) is 10.5. The van der Waals surface area contributed by atoms with Crippen molar-refractivity contribution in [1.29, 1.82) is 0 Å². The Bertz CT molecular complexity index is 742. The summed E-state index contributed by atoms with van der Waals surface area (Å²) in [6.45, 7) is 1.86. The first-order chi connectivity index (χ1) is 9.47. The minimum Gasteiger partial charge on any atom is -0.505 e. The first kappa shape index (κ1) is 13.6. The average molecular weight is 277 g/mol. The number of hydrogen-bond donors (Lipinski definition) is 3. The van der Waals surface area contributed by atoms with Crippen molar-refractivity contribution in [2.24, 2.45) is 0 Å². The number of nitrogens with one attached hydrogen (secondary N) is 1. The lowest BCUT2D eigenvalue weighted by atomic mass is 10.1. The smallest absolute Gasteiger partial charge is 0.339 e. The van der Waals surface area contributed by atoms with Crippen LogP contribution in [0, 0.1) is 0 Å². The minimum atomic E-state index is -1.30. The van der Waals surface area contributed by atoms with E-state index >= 15 is 0 Å². The van der Waals surface area contributed by atoms with Crippen molar-refractivity contribution < 1.29 is 19.7 Å². The first-order valence-electron chi connectivity index (χ1n) is 5.75. The molecule has 0 aliphatic heterocycles. The van der Waals surface area contributed by atoms with E-state index in [1.165, 1.54) is 18.2 Å². The van der Waals surface area contributed by atoms with Crippen molar-refractivity contribution in [1.82, 2.24) is 0 Å². The molecule has 0 unspecified atom stereocenters. The number of hydrogen-bond acceptors (Lipinski definition) is 6. The first-order valence-corrected chi connectivity index (χ1v) is 5.75. The third-order valence-corrected chi connectivity index (χ3v) is 2.68. The number of phenols is 1. The van der Waals surface area contributed by atoms with Crippen LogP contribution in [-0.4, -0.2) is 22.8 Å². The number of rotatable bonds is 5. The van der Waals surface area contributed by atoms with Crippen molar-refractivity contribution in [2.45, 2.75) is 6.92 Å². The number of carboxylic acid groups (broad SMARTS) is 1. The van der Waals surface area contributed by atoms with Crippen molar-refractivity contribution in [3.8, 4) is 11.5 Å². The molecule has 2 rings (SSSR count). The van der Waals surface area contributed by atoms with Gasteiger partial charge in [0, 0.05) is 0 Å². The molecule has 0 aliphatic carbocycles. The second kappa shape index (κ2) is 5.04. The molecule has 0 bridgehead atoms. The Hall–Kier alpha value is -2.83. The molecular weight excluding hydrogens is 266 g/mol. The minimum absolute atomic E-state index is 0.0120. The summed E-state index contributed by atoms with van der Waals surface area (Å²) in [5.74, 6) is -1.94. The van der Waals surface area contributed by atoms with E-state index in [1.54, 1.807) is 6.92 Å². The Labute approximate surface area is 112 Å². The maximum atomic E-state index is 11.4. The van der Waals surface area contributed by atoms with Crippen LogP contribution in [0.1, 0.15) is 17.3 Å². The van der Waals surface area contributed by atoms with Crippen LogP contribution in [-0.2, 0) is 0 Å². The van der Waals surface area contributed by atoms with Crippen LogP contribution in [0.5, 0.6) is 11.5 Å². The number of aromatic hydroxyl groups is 1. The van der Waals surface area contributed by atoms with Crippen molar-refractivity contribution >= 4 is 17.3 Å². The number of para-hydroxylation sites is 1. The molecule has 0 aliphatic rings. The normalized spacial score (nSPS) is 10.4. The summed E-state index contributed by atoms with van der Waals surface area (Å²) in [6, 6.07) is 4.00. The lowest BCUT2D eigenvalue weighted by Crippen LogP contribution is -2.35. The average Bonchev–Trinajstić information content (AvgIpc) is 2.43. The number of carboxylic acids is 1. The van der Waals surface area contributed by atoms with Gasteiger partial charge < -0.3 is 20.3 Å². The fourth-order valence-electron chi connectivity index (χ4n) is 1.72. The Morgan fingerprint density at radius 3 is 2.60 bits per heavy atom. The second-order valence-electron chi connectivity index (χ2n) is 3.93. The van der Waals surface area contributed by atoms with Gasteiger partial charge in [-0.05, 0) is 19.1 Å². The largest absolute Gasteiger partial charge is 0.505 e. The molecule has 0 fully saturated rings. The molecule has 0 spiro atoms. The molecule has 0 aromatic heterocycles. The second-order valence-corrected chi connectivity index (χ2v) is 3.93. The number of aromatic carboxylic acids is 1. The summed E-state index contributed by atoms with van der Waals surface area (Å²) >= 11 is 0. The molecule has 2 aromatic rings. The highest BCUT2D eigenvalue weighted by Crippen LogP contribution is 2.31. The standard InChI is InChI=1S/C13H11NO6/c1-2-20-12-8(10(16)11(12)17)14-7-5-3-4-6(9(7)15)13(18)19/h3-5,14-15H,2H2,1H3,(H,18,19). The Balaban J connectivity index is 2.39. The van der Waals surface area contributed by atoms with E-state index in [1.807, 2.05) is 0 Å². The predicted molar refractivity (Wildman–Crippen MR) is 70.9 cm³/mol.